The monoisotopic (exact) mass is 313 g/mol. The van der Waals surface area contributed by atoms with Crippen LogP contribution in [0.25, 0.3) is 10.9 Å². The van der Waals surface area contributed by atoms with Crippen molar-refractivity contribution in [1.82, 2.24) is 14.9 Å². The summed E-state index contributed by atoms with van der Waals surface area (Å²) in [7, 11) is 0. The largest absolute Gasteiger partial charge is 0.352 e. The number of nitrogens with zero attached hydrogens (tertiary/aromatic N) is 2. The lowest BCUT2D eigenvalue weighted by molar-refractivity contribution is -0.122. The van der Waals surface area contributed by atoms with E-state index >= 15 is 0 Å². The van der Waals surface area contributed by atoms with Crippen molar-refractivity contribution >= 4 is 16.8 Å². The molecule has 1 fully saturated rings. The molecule has 0 spiro atoms. The summed E-state index contributed by atoms with van der Waals surface area (Å²) < 4.78 is 1.39. The molecule has 0 unspecified atom stereocenters. The summed E-state index contributed by atoms with van der Waals surface area (Å²) in [6, 6.07) is 5.77. The van der Waals surface area contributed by atoms with E-state index in [9.17, 15) is 9.59 Å². The number of fused-ring (bicyclic) bond motifs is 1. The van der Waals surface area contributed by atoms with Crippen molar-refractivity contribution in [2.75, 3.05) is 0 Å². The van der Waals surface area contributed by atoms with Crippen LogP contribution in [0.4, 0.5) is 0 Å². The maximum Gasteiger partial charge on any atom is 0.261 e. The van der Waals surface area contributed by atoms with Gasteiger partial charge < -0.3 is 5.32 Å². The Bertz CT molecular complexity index is 773. The second-order valence-corrected chi connectivity index (χ2v) is 6.67. The van der Waals surface area contributed by atoms with Gasteiger partial charge in [0.05, 0.1) is 17.2 Å². The van der Waals surface area contributed by atoms with E-state index in [2.05, 4.69) is 17.2 Å². The number of carbonyl (C=O) groups excluding carboxylic acids is 1. The highest BCUT2D eigenvalue weighted by molar-refractivity contribution is 5.81. The molecule has 1 aromatic carbocycles. The normalized spacial score (nSPS) is 21.3. The van der Waals surface area contributed by atoms with Crippen LogP contribution in [0.2, 0.25) is 0 Å². The van der Waals surface area contributed by atoms with E-state index in [1.54, 1.807) is 6.07 Å². The Hall–Kier alpha value is -2.17. The maximum atomic E-state index is 12.5. The molecule has 2 aromatic rings. The van der Waals surface area contributed by atoms with E-state index < -0.39 is 0 Å². The summed E-state index contributed by atoms with van der Waals surface area (Å²) in [4.78, 5) is 29.0. The second kappa shape index (κ2) is 6.52. The van der Waals surface area contributed by atoms with Crippen molar-refractivity contribution in [3.8, 4) is 0 Å². The summed E-state index contributed by atoms with van der Waals surface area (Å²) in [6.45, 7) is 4.21. The Morgan fingerprint density at radius 3 is 2.78 bits per heavy atom. The first-order chi connectivity index (χ1) is 11.0. The molecular weight excluding hydrogens is 290 g/mol. The van der Waals surface area contributed by atoms with Crippen LogP contribution in [0.3, 0.4) is 0 Å². The van der Waals surface area contributed by atoms with Gasteiger partial charge in [-0.05, 0) is 50.2 Å². The molecule has 1 N–H and O–H groups in total. The van der Waals surface area contributed by atoms with Gasteiger partial charge in [-0.1, -0.05) is 19.1 Å². The van der Waals surface area contributed by atoms with Crippen LogP contribution in [0.15, 0.2) is 29.3 Å². The van der Waals surface area contributed by atoms with Gasteiger partial charge in [0.25, 0.3) is 5.56 Å². The molecule has 0 aliphatic heterocycles. The zero-order valence-electron chi connectivity index (χ0n) is 13.7. The van der Waals surface area contributed by atoms with Gasteiger partial charge >= 0.3 is 0 Å². The lowest BCUT2D eigenvalue weighted by Crippen LogP contribution is -2.40. The third-order valence-electron chi connectivity index (χ3n) is 4.75. The van der Waals surface area contributed by atoms with Crippen molar-refractivity contribution in [2.45, 2.75) is 52.1 Å². The highest BCUT2D eigenvalue weighted by Crippen LogP contribution is 2.23. The van der Waals surface area contributed by atoms with Crippen LogP contribution in [-0.2, 0) is 11.3 Å². The van der Waals surface area contributed by atoms with E-state index in [0.717, 1.165) is 37.2 Å². The number of carbonyl (C=O) groups is 1. The Balaban J connectivity index is 1.73. The molecule has 1 saturated carbocycles. The Kier molecular flexibility index (Phi) is 4.46. The number of amides is 1. The maximum absolute atomic E-state index is 12.5. The molecule has 0 atom stereocenters. The van der Waals surface area contributed by atoms with Crippen LogP contribution >= 0.6 is 0 Å². The fourth-order valence-corrected chi connectivity index (χ4v) is 3.28. The van der Waals surface area contributed by atoms with E-state index in [4.69, 9.17) is 0 Å². The first-order valence-corrected chi connectivity index (χ1v) is 8.28. The molecule has 122 valence electrons. The minimum Gasteiger partial charge on any atom is -0.352 e. The Morgan fingerprint density at radius 1 is 1.30 bits per heavy atom. The molecule has 0 radical (unpaired) electrons. The topological polar surface area (TPSA) is 64.0 Å². The van der Waals surface area contributed by atoms with E-state index in [0.29, 0.717) is 10.9 Å². The summed E-state index contributed by atoms with van der Waals surface area (Å²) in [6.07, 6.45) is 5.83. The van der Waals surface area contributed by atoms with Gasteiger partial charge in [-0.2, -0.15) is 0 Å². The van der Waals surface area contributed by atoms with Crippen molar-refractivity contribution in [1.29, 1.82) is 0 Å². The van der Waals surface area contributed by atoms with E-state index in [-0.39, 0.29) is 24.1 Å². The number of hydrogen-bond acceptors (Lipinski definition) is 3. The first-order valence-electron chi connectivity index (χ1n) is 8.28. The molecule has 0 saturated heterocycles. The zero-order valence-corrected chi connectivity index (χ0v) is 13.7. The van der Waals surface area contributed by atoms with Gasteiger partial charge in [0.1, 0.15) is 6.54 Å². The van der Waals surface area contributed by atoms with Gasteiger partial charge in [0, 0.05) is 6.04 Å². The smallest absolute Gasteiger partial charge is 0.261 e. The highest BCUT2D eigenvalue weighted by Gasteiger charge is 2.20. The third-order valence-corrected chi connectivity index (χ3v) is 4.75. The zero-order chi connectivity index (χ0) is 16.4. The highest BCUT2D eigenvalue weighted by atomic mass is 16.2. The molecule has 1 aliphatic carbocycles. The predicted molar refractivity (Wildman–Crippen MR) is 90.3 cm³/mol. The van der Waals surface area contributed by atoms with Gasteiger partial charge in [0.2, 0.25) is 5.91 Å². The lowest BCUT2D eigenvalue weighted by Gasteiger charge is -2.26. The van der Waals surface area contributed by atoms with Gasteiger partial charge in [0.15, 0.2) is 0 Å². The Morgan fingerprint density at radius 2 is 2.04 bits per heavy atom. The number of rotatable bonds is 3. The van der Waals surface area contributed by atoms with Gasteiger partial charge in [-0.3, -0.25) is 14.2 Å². The fraction of sp³-hybridized carbons (Fsp3) is 0.500. The van der Waals surface area contributed by atoms with Crippen molar-refractivity contribution in [3.05, 3.63) is 40.4 Å². The number of nitrogens with one attached hydrogen (secondary N) is 1. The average Bonchev–Trinajstić information content (AvgIpc) is 2.53. The SMILES string of the molecule is Cc1cccc2c(=O)n(CC(=O)NC3CCC(C)CC3)cnc12. The second-order valence-electron chi connectivity index (χ2n) is 6.67. The molecule has 3 rings (SSSR count). The van der Waals surface area contributed by atoms with Crippen molar-refractivity contribution in [3.63, 3.8) is 0 Å². The van der Waals surface area contributed by atoms with Crippen LogP contribution in [0, 0.1) is 12.8 Å². The molecule has 23 heavy (non-hydrogen) atoms. The minimum atomic E-state index is -0.161. The predicted octanol–water partition coefficient (Wildman–Crippen LogP) is 2.40. The van der Waals surface area contributed by atoms with E-state index in [1.807, 2.05) is 19.1 Å². The number of para-hydroxylation sites is 1. The van der Waals surface area contributed by atoms with Crippen molar-refractivity contribution < 1.29 is 4.79 Å². The molecule has 1 aromatic heterocycles. The molecule has 1 amide bonds. The summed E-state index contributed by atoms with van der Waals surface area (Å²) in [5.74, 6) is 0.638. The first kappa shape index (κ1) is 15.7. The Labute approximate surface area is 135 Å². The van der Waals surface area contributed by atoms with Crippen LogP contribution in [0.5, 0.6) is 0 Å². The molecular formula is C18H23N3O2. The van der Waals surface area contributed by atoms with Crippen molar-refractivity contribution in [2.24, 2.45) is 5.92 Å². The number of benzene rings is 1. The van der Waals surface area contributed by atoms with Gasteiger partial charge in [-0.15, -0.1) is 0 Å². The van der Waals surface area contributed by atoms with Crippen LogP contribution < -0.4 is 10.9 Å². The molecule has 0 bridgehead atoms. The summed E-state index contributed by atoms with van der Waals surface area (Å²) in [5.41, 5.74) is 1.51. The molecule has 1 aliphatic rings. The number of aryl methyl sites for hydroxylation is 1. The summed E-state index contributed by atoms with van der Waals surface area (Å²) >= 11 is 0. The fourth-order valence-electron chi connectivity index (χ4n) is 3.28. The quantitative estimate of drug-likeness (QED) is 0.946. The number of hydrogen-bond donors (Lipinski definition) is 1. The van der Waals surface area contributed by atoms with E-state index in [1.165, 1.54) is 10.9 Å². The van der Waals surface area contributed by atoms with Crippen LogP contribution in [0.1, 0.15) is 38.2 Å². The summed E-state index contributed by atoms with van der Waals surface area (Å²) in [5, 5.41) is 3.61. The number of aromatic nitrogens is 2. The molecule has 5 heteroatoms. The molecule has 1 heterocycles. The van der Waals surface area contributed by atoms with Gasteiger partial charge in [-0.25, -0.2) is 4.98 Å². The van der Waals surface area contributed by atoms with Crippen LogP contribution in [-0.4, -0.2) is 21.5 Å². The minimum absolute atomic E-state index is 0.0295. The lowest BCUT2D eigenvalue weighted by atomic mass is 9.87. The molecule has 5 nitrogen and oxygen atoms in total. The third kappa shape index (κ3) is 3.44. The standard InChI is InChI=1S/C18H23N3O2/c1-12-6-8-14(9-7-12)20-16(22)10-21-11-19-17-13(2)4-3-5-15(17)18(21)23/h3-5,11-12,14H,6-10H2,1-2H3,(H,20,22). The average molecular weight is 313 g/mol.